The Labute approximate surface area is 182 Å². The molecule has 0 bridgehead atoms. The van der Waals surface area contributed by atoms with Gasteiger partial charge in [-0.3, -0.25) is 10.1 Å². The third-order valence-corrected chi connectivity index (χ3v) is 5.53. The van der Waals surface area contributed by atoms with Gasteiger partial charge in [0.2, 0.25) is 0 Å². The predicted octanol–water partition coefficient (Wildman–Crippen LogP) is 6.30. The molecule has 1 heterocycles. The molecule has 3 rings (SSSR count). The number of nitriles is 1. The van der Waals surface area contributed by atoms with Crippen LogP contribution in [0.5, 0.6) is 11.5 Å². The minimum Gasteiger partial charge on any atom is -0.457 e. The maximum absolute atomic E-state index is 11.6. The standard InChI is InChI=1S/C25H26N2O4/c1-2-3-9-24(19-12-14-30-15-13-19)21(18-26)16-20-17-23(10-11-25(20)27(28)29)31-22-7-5-4-6-8-22/h2,4-8,10-11,16-17,19,24H,1,3,9,12-15H2/b21-16+. The molecule has 0 aliphatic carbocycles. The van der Waals surface area contributed by atoms with Gasteiger partial charge in [-0.15, -0.1) is 6.58 Å². The predicted molar refractivity (Wildman–Crippen MR) is 120 cm³/mol. The lowest BCUT2D eigenvalue weighted by molar-refractivity contribution is -0.385. The molecule has 0 amide bonds. The van der Waals surface area contributed by atoms with Gasteiger partial charge in [-0.05, 0) is 67.9 Å². The maximum atomic E-state index is 11.6. The minimum absolute atomic E-state index is 0.00482. The molecule has 1 aliphatic heterocycles. The van der Waals surface area contributed by atoms with Crippen molar-refractivity contribution in [2.75, 3.05) is 13.2 Å². The Morgan fingerprint density at radius 2 is 2.00 bits per heavy atom. The normalized spacial score (nSPS) is 15.6. The summed E-state index contributed by atoms with van der Waals surface area (Å²) >= 11 is 0. The van der Waals surface area contributed by atoms with Crippen molar-refractivity contribution in [1.29, 1.82) is 5.26 Å². The van der Waals surface area contributed by atoms with Crippen molar-refractivity contribution in [2.45, 2.75) is 25.7 Å². The molecule has 0 radical (unpaired) electrons. The lowest BCUT2D eigenvalue weighted by Gasteiger charge is -2.30. The Kier molecular flexibility index (Phi) is 7.97. The largest absolute Gasteiger partial charge is 0.457 e. The Morgan fingerprint density at radius 1 is 1.26 bits per heavy atom. The Morgan fingerprint density at radius 3 is 2.65 bits per heavy atom. The summed E-state index contributed by atoms with van der Waals surface area (Å²) < 4.78 is 11.3. The number of rotatable bonds is 9. The van der Waals surface area contributed by atoms with Gasteiger partial charge in [0.1, 0.15) is 11.5 Å². The van der Waals surface area contributed by atoms with Crippen LogP contribution in [0.4, 0.5) is 5.69 Å². The summed E-state index contributed by atoms with van der Waals surface area (Å²) in [4.78, 5) is 11.2. The van der Waals surface area contributed by atoms with E-state index in [0.717, 1.165) is 25.7 Å². The van der Waals surface area contributed by atoms with Crippen molar-refractivity contribution >= 4 is 11.8 Å². The SMILES string of the molecule is C=CCCC(/C(C#N)=C/c1cc(Oc2ccccc2)ccc1[N+](=O)[O-])C1CCOCC1. The molecule has 1 aliphatic rings. The molecule has 0 spiro atoms. The van der Waals surface area contributed by atoms with Crippen molar-refractivity contribution in [3.05, 3.63) is 82.4 Å². The fourth-order valence-corrected chi connectivity index (χ4v) is 3.95. The van der Waals surface area contributed by atoms with Gasteiger partial charge in [-0.25, -0.2) is 0 Å². The first-order valence-electron chi connectivity index (χ1n) is 10.4. The summed E-state index contributed by atoms with van der Waals surface area (Å²) in [6.07, 6.45) is 6.80. The molecule has 6 nitrogen and oxygen atoms in total. The summed E-state index contributed by atoms with van der Waals surface area (Å²) in [6.45, 7) is 5.15. The van der Waals surface area contributed by atoms with E-state index in [-0.39, 0.29) is 11.6 Å². The molecule has 0 saturated carbocycles. The third kappa shape index (κ3) is 6.03. The molecule has 1 atom stereocenters. The highest BCUT2D eigenvalue weighted by molar-refractivity contribution is 5.67. The number of benzene rings is 2. The zero-order chi connectivity index (χ0) is 22.1. The molecule has 31 heavy (non-hydrogen) atoms. The van der Waals surface area contributed by atoms with Crippen molar-refractivity contribution in [2.24, 2.45) is 11.8 Å². The van der Waals surface area contributed by atoms with Gasteiger partial charge in [-0.2, -0.15) is 5.26 Å². The van der Waals surface area contributed by atoms with Crippen LogP contribution in [0.3, 0.4) is 0 Å². The molecule has 2 aromatic carbocycles. The second-order valence-corrected chi connectivity index (χ2v) is 7.53. The first kappa shape index (κ1) is 22.3. The number of allylic oxidation sites excluding steroid dienone is 2. The van der Waals surface area contributed by atoms with Crippen LogP contribution in [0.1, 0.15) is 31.2 Å². The summed E-state index contributed by atoms with van der Waals surface area (Å²) in [5.74, 6) is 1.43. The Bertz CT molecular complexity index is 973. The van der Waals surface area contributed by atoms with Gasteiger partial charge in [0, 0.05) is 24.9 Å². The third-order valence-electron chi connectivity index (χ3n) is 5.53. The van der Waals surface area contributed by atoms with Gasteiger partial charge in [-0.1, -0.05) is 24.3 Å². The summed E-state index contributed by atoms with van der Waals surface area (Å²) in [6, 6.07) is 16.2. The Hall–Kier alpha value is -3.43. The van der Waals surface area contributed by atoms with Gasteiger partial charge in [0.05, 0.1) is 16.6 Å². The smallest absolute Gasteiger partial charge is 0.276 e. The fraction of sp³-hybridized carbons (Fsp3) is 0.320. The highest BCUT2D eigenvalue weighted by atomic mass is 16.6. The van der Waals surface area contributed by atoms with E-state index in [1.165, 1.54) is 6.07 Å². The maximum Gasteiger partial charge on any atom is 0.276 e. The Balaban J connectivity index is 1.97. The van der Waals surface area contributed by atoms with Crippen LogP contribution in [0.25, 0.3) is 6.08 Å². The molecule has 0 N–H and O–H groups in total. The molecular formula is C25H26N2O4. The second kappa shape index (κ2) is 11.1. The molecule has 2 aromatic rings. The summed E-state index contributed by atoms with van der Waals surface area (Å²) in [5.41, 5.74) is 0.863. The van der Waals surface area contributed by atoms with Crippen molar-refractivity contribution < 1.29 is 14.4 Å². The lowest BCUT2D eigenvalue weighted by Crippen LogP contribution is -2.24. The molecule has 1 fully saturated rings. The van der Waals surface area contributed by atoms with Crippen LogP contribution in [-0.4, -0.2) is 18.1 Å². The van der Waals surface area contributed by atoms with E-state index in [9.17, 15) is 15.4 Å². The van der Waals surface area contributed by atoms with E-state index in [4.69, 9.17) is 9.47 Å². The highest BCUT2D eigenvalue weighted by Crippen LogP contribution is 2.36. The average molecular weight is 418 g/mol. The van der Waals surface area contributed by atoms with Gasteiger partial charge in [0.15, 0.2) is 0 Å². The first-order valence-corrected chi connectivity index (χ1v) is 10.4. The molecule has 160 valence electrons. The van der Waals surface area contributed by atoms with E-state index < -0.39 is 4.92 Å². The van der Waals surface area contributed by atoms with E-state index >= 15 is 0 Å². The number of nitrogens with zero attached hydrogens (tertiary/aromatic N) is 2. The van der Waals surface area contributed by atoms with Crippen molar-refractivity contribution in [3.8, 4) is 17.6 Å². The highest BCUT2D eigenvalue weighted by Gasteiger charge is 2.27. The molecule has 1 unspecified atom stereocenters. The molecule has 1 saturated heterocycles. The van der Waals surface area contributed by atoms with Gasteiger partial charge < -0.3 is 9.47 Å². The minimum atomic E-state index is -0.430. The number of ether oxygens (including phenoxy) is 2. The number of para-hydroxylation sites is 1. The van der Waals surface area contributed by atoms with Crippen LogP contribution in [0.2, 0.25) is 0 Å². The van der Waals surface area contributed by atoms with Crippen LogP contribution in [0, 0.1) is 33.3 Å². The summed E-state index contributed by atoms with van der Waals surface area (Å²) in [5, 5.41) is 21.6. The topological polar surface area (TPSA) is 85.4 Å². The van der Waals surface area contributed by atoms with Crippen molar-refractivity contribution in [3.63, 3.8) is 0 Å². The zero-order valence-corrected chi connectivity index (χ0v) is 17.4. The zero-order valence-electron chi connectivity index (χ0n) is 17.4. The lowest BCUT2D eigenvalue weighted by atomic mass is 9.78. The van der Waals surface area contributed by atoms with Crippen LogP contribution in [0.15, 0.2) is 66.8 Å². The van der Waals surface area contributed by atoms with E-state index in [2.05, 4.69) is 12.6 Å². The average Bonchev–Trinajstić information content (AvgIpc) is 2.80. The summed E-state index contributed by atoms with van der Waals surface area (Å²) in [7, 11) is 0. The van der Waals surface area contributed by atoms with E-state index in [1.807, 2.05) is 36.4 Å². The molecule has 0 aromatic heterocycles. The fourth-order valence-electron chi connectivity index (χ4n) is 3.95. The van der Waals surface area contributed by atoms with Crippen molar-refractivity contribution in [1.82, 2.24) is 0 Å². The van der Waals surface area contributed by atoms with Crippen LogP contribution >= 0.6 is 0 Å². The van der Waals surface area contributed by atoms with E-state index in [1.54, 1.807) is 18.2 Å². The second-order valence-electron chi connectivity index (χ2n) is 7.53. The first-order chi connectivity index (χ1) is 15.1. The number of nitro groups is 1. The number of nitro benzene ring substituents is 1. The van der Waals surface area contributed by atoms with Gasteiger partial charge in [0.25, 0.3) is 5.69 Å². The quantitative estimate of drug-likeness (QED) is 0.206. The number of hydrogen-bond acceptors (Lipinski definition) is 5. The van der Waals surface area contributed by atoms with Gasteiger partial charge >= 0.3 is 0 Å². The molecular weight excluding hydrogens is 392 g/mol. The van der Waals surface area contributed by atoms with Crippen LogP contribution in [-0.2, 0) is 4.74 Å². The molecule has 6 heteroatoms. The monoisotopic (exact) mass is 418 g/mol. The van der Waals surface area contributed by atoms with Crippen LogP contribution < -0.4 is 4.74 Å². The number of hydrogen-bond donors (Lipinski definition) is 0. The van der Waals surface area contributed by atoms with E-state index in [0.29, 0.717) is 41.8 Å².